The molecule has 0 N–H and O–H groups in total. The zero-order valence-electron chi connectivity index (χ0n) is 11.4. The number of hydrogen-bond donors (Lipinski definition) is 0. The molecule has 1 rings (SSSR count). The van der Waals surface area contributed by atoms with Crippen LogP contribution in [0.5, 0.6) is 0 Å². The van der Waals surface area contributed by atoms with E-state index in [4.69, 9.17) is 16.3 Å². The third-order valence-corrected chi connectivity index (χ3v) is 2.76. The largest absolute Gasteiger partial charge is 0.461 e. The molecule has 0 radical (unpaired) electrons. The van der Waals surface area contributed by atoms with E-state index in [1.54, 1.807) is 11.6 Å². The Morgan fingerprint density at radius 2 is 2.11 bits per heavy atom. The maximum Gasteiger partial charge on any atom is 0.360 e. The summed E-state index contributed by atoms with van der Waals surface area (Å²) in [5, 5.41) is 7.83. The number of halogens is 1. The molecule has 0 saturated heterocycles. The van der Waals surface area contributed by atoms with Crippen LogP contribution in [0.4, 0.5) is 0 Å². The van der Waals surface area contributed by atoms with E-state index in [1.807, 2.05) is 0 Å². The molecule has 0 fully saturated rings. The van der Waals surface area contributed by atoms with Gasteiger partial charge in [-0.2, -0.15) is 0 Å². The summed E-state index contributed by atoms with van der Waals surface area (Å²) in [5.41, 5.74) is 1.04. The topological polar surface area (TPSA) is 57.0 Å². The minimum absolute atomic E-state index is 0.194. The average molecular weight is 274 g/mol. The van der Waals surface area contributed by atoms with Crippen LogP contribution in [-0.4, -0.2) is 27.6 Å². The lowest BCUT2D eigenvalue weighted by molar-refractivity contribution is 0.0518. The molecule has 1 heterocycles. The smallest absolute Gasteiger partial charge is 0.360 e. The molecule has 0 aliphatic carbocycles. The van der Waals surface area contributed by atoms with Gasteiger partial charge in [0.2, 0.25) is 0 Å². The van der Waals surface area contributed by atoms with Crippen LogP contribution in [0.25, 0.3) is 0 Å². The minimum atomic E-state index is -0.463. The Labute approximate surface area is 112 Å². The van der Waals surface area contributed by atoms with Gasteiger partial charge >= 0.3 is 5.97 Å². The fraction of sp³-hybridized carbons (Fsp3) is 0.750. The van der Waals surface area contributed by atoms with Gasteiger partial charge in [-0.05, 0) is 18.8 Å². The third-order valence-electron chi connectivity index (χ3n) is 2.51. The second kappa shape index (κ2) is 6.18. The van der Waals surface area contributed by atoms with Gasteiger partial charge in [0, 0.05) is 6.54 Å². The van der Waals surface area contributed by atoms with Gasteiger partial charge in [0.1, 0.15) is 0 Å². The second-order valence-electron chi connectivity index (χ2n) is 5.27. The van der Waals surface area contributed by atoms with Crippen LogP contribution in [0.1, 0.15) is 50.3 Å². The van der Waals surface area contributed by atoms with Crippen LogP contribution < -0.4 is 0 Å². The number of aryl methyl sites for hydroxylation is 1. The van der Waals surface area contributed by atoms with Crippen molar-refractivity contribution in [3.05, 3.63) is 11.4 Å². The predicted octanol–water partition coefficient (Wildman–Crippen LogP) is 2.63. The summed E-state index contributed by atoms with van der Waals surface area (Å²) in [5.74, 6) is -0.263. The van der Waals surface area contributed by atoms with Gasteiger partial charge in [0.05, 0.1) is 18.2 Å². The Morgan fingerprint density at radius 3 is 2.61 bits per heavy atom. The normalized spacial score (nSPS) is 11.6. The molecule has 0 atom stereocenters. The molecule has 0 unspecified atom stereocenters. The van der Waals surface area contributed by atoms with E-state index in [2.05, 4.69) is 31.1 Å². The fourth-order valence-corrected chi connectivity index (χ4v) is 1.71. The quantitative estimate of drug-likeness (QED) is 0.611. The van der Waals surface area contributed by atoms with Crippen molar-refractivity contribution in [2.24, 2.45) is 5.41 Å². The first-order valence-electron chi connectivity index (χ1n) is 6.04. The highest BCUT2D eigenvalue weighted by atomic mass is 35.5. The van der Waals surface area contributed by atoms with Crippen molar-refractivity contribution in [3.63, 3.8) is 0 Å². The Kier molecular flexibility index (Phi) is 5.14. The zero-order valence-corrected chi connectivity index (χ0v) is 12.1. The Morgan fingerprint density at radius 1 is 1.44 bits per heavy atom. The monoisotopic (exact) mass is 273 g/mol. The Balaban J connectivity index is 2.85. The molecule has 0 bridgehead atoms. The number of ether oxygens (including phenoxy) is 1. The van der Waals surface area contributed by atoms with Crippen molar-refractivity contribution in [1.82, 2.24) is 15.0 Å². The van der Waals surface area contributed by atoms with E-state index < -0.39 is 5.97 Å². The molecule has 1 aromatic heterocycles. The molecule has 0 aliphatic heterocycles. The summed E-state index contributed by atoms with van der Waals surface area (Å²) < 4.78 is 6.60. The lowest BCUT2D eigenvalue weighted by Crippen LogP contribution is -2.14. The maximum absolute atomic E-state index is 11.6. The molecule has 0 spiro atoms. The molecular formula is C12H20ClN3O2. The van der Waals surface area contributed by atoms with Gasteiger partial charge < -0.3 is 4.74 Å². The van der Waals surface area contributed by atoms with Crippen LogP contribution in [0.2, 0.25) is 0 Å². The molecule has 102 valence electrons. The molecular weight excluding hydrogens is 254 g/mol. The first-order valence-corrected chi connectivity index (χ1v) is 6.58. The highest BCUT2D eigenvalue weighted by molar-refractivity contribution is 6.17. The van der Waals surface area contributed by atoms with Crippen LogP contribution in [0.15, 0.2) is 0 Å². The van der Waals surface area contributed by atoms with E-state index in [0.717, 1.165) is 6.42 Å². The summed E-state index contributed by atoms with van der Waals surface area (Å²) in [6, 6.07) is 0. The Bertz CT molecular complexity index is 410. The average Bonchev–Trinajstić information content (AvgIpc) is 2.68. The molecule has 6 heteroatoms. The summed E-state index contributed by atoms with van der Waals surface area (Å²) in [4.78, 5) is 11.6. The SMILES string of the molecule is CCOC(=O)c1nnn(CCC(C)(C)C)c1CCl. The van der Waals surface area contributed by atoms with Crippen LogP contribution in [0, 0.1) is 5.41 Å². The van der Waals surface area contributed by atoms with Crippen molar-refractivity contribution in [3.8, 4) is 0 Å². The number of aromatic nitrogens is 3. The van der Waals surface area contributed by atoms with Gasteiger partial charge in [0.25, 0.3) is 0 Å². The van der Waals surface area contributed by atoms with Crippen LogP contribution >= 0.6 is 11.6 Å². The highest BCUT2D eigenvalue weighted by Gasteiger charge is 2.21. The predicted molar refractivity (Wildman–Crippen MR) is 69.6 cm³/mol. The molecule has 0 amide bonds. The van der Waals surface area contributed by atoms with Crippen molar-refractivity contribution in [1.29, 1.82) is 0 Å². The first kappa shape index (κ1) is 15.0. The second-order valence-corrected chi connectivity index (χ2v) is 5.54. The third kappa shape index (κ3) is 3.98. The van der Waals surface area contributed by atoms with Gasteiger partial charge in [-0.15, -0.1) is 16.7 Å². The minimum Gasteiger partial charge on any atom is -0.461 e. The van der Waals surface area contributed by atoms with E-state index in [-0.39, 0.29) is 17.0 Å². The van der Waals surface area contributed by atoms with Gasteiger partial charge in [-0.3, -0.25) is 0 Å². The number of alkyl halides is 1. The highest BCUT2D eigenvalue weighted by Crippen LogP contribution is 2.20. The lowest BCUT2D eigenvalue weighted by Gasteiger charge is -2.18. The fourth-order valence-electron chi connectivity index (χ4n) is 1.44. The lowest BCUT2D eigenvalue weighted by atomic mass is 9.92. The zero-order chi connectivity index (χ0) is 13.8. The van der Waals surface area contributed by atoms with E-state index >= 15 is 0 Å². The number of carbonyl (C=O) groups excluding carboxylic acids is 1. The molecule has 0 saturated carbocycles. The van der Waals surface area contributed by atoms with E-state index in [1.165, 1.54) is 0 Å². The van der Waals surface area contributed by atoms with Crippen molar-refractivity contribution < 1.29 is 9.53 Å². The molecule has 1 aromatic rings. The number of hydrogen-bond acceptors (Lipinski definition) is 4. The molecule has 5 nitrogen and oxygen atoms in total. The Hall–Kier alpha value is -1.10. The number of esters is 1. The van der Waals surface area contributed by atoms with Crippen LogP contribution in [-0.2, 0) is 17.2 Å². The van der Waals surface area contributed by atoms with Crippen molar-refractivity contribution >= 4 is 17.6 Å². The van der Waals surface area contributed by atoms with Crippen LogP contribution in [0.3, 0.4) is 0 Å². The summed E-state index contributed by atoms with van der Waals surface area (Å²) in [6.07, 6.45) is 0.933. The van der Waals surface area contributed by atoms with E-state index in [0.29, 0.717) is 18.8 Å². The number of nitrogens with zero attached hydrogens (tertiary/aromatic N) is 3. The number of carbonyl (C=O) groups is 1. The van der Waals surface area contributed by atoms with Crippen molar-refractivity contribution in [2.75, 3.05) is 6.61 Å². The standard InChI is InChI=1S/C12H20ClN3O2/c1-5-18-11(17)10-9(8-13)16(15-14-10)7-6-12(2,3)4/h5-8H2,1-4H3. The summed E-state index contributed by atoms with van der Waals surface area (Å²) >= 11 is 5.86. The first-order chi connectivity index (χ1) is 8.39. The number of rotatable bonds is 5. The van der Waals surface area contributed by atoms with Crippen molar-refractivity contribution in [2.45, 2.75) is 46.5 Å². The van der Waals surface area contributed by atoms with E-state index in [9.17, 15) is 4.79 Å². The molecule has 0 aromatic carbocycles. The van der Waals surface area contributed by atoms with Gasteiger partial charge in [-0.1, -0.05) is 26.0 Å². The summed E-state index contributed by atoms with van der Waals surface area (Å²) in [6.45, 7) is 9.21. The summed E-state index contributed by atoms with van der Waals surface area (Å²) in [7, 11) is 0. The maximum atomic E-state index is 11.6. The molecule has 18 heavy (non-hydrogen) atoms. The molecule has 0 aliphatic rings. The van der Waals surface area contributed by atoms with Gasteiger partial charge in [-0.25, -0.2) is 9.48 Å². The van der Waals surface area contributed by atoms with Gasteiger partial charge in [0.15, 0.2) is 5.69 Å².